The van der Waals surface area contributed by atoms with Crippen LogP contribution in [0.25, 0.3) is 10.8 Å². The minimum atomic E-state index is -0.318. The molecule has 0 radical (unpaired) electrons. The van der Waals surface area contributed by atoms with Crippen LogP contribution in [-0.4, -0.2) is 18.7 Å². The first-order valence-corrected chi connectivity index (χ1v) is 8.72. The summed E-state index contributed by atoms with van der Waals surface area (Å²) >= 11 is 3.37. The van der Waals surface area contributed by atoms with E-state index in [4.69, 9.17) is 4.74 Å². The van der Waals surface area contributed by atoms with Gasteiger partial charge in [-0.25, -0.2) is 5.43 Å². The van der Waals surface area contributed by atoms with E-state index in [0.717, 1.165) is 20.8 Å². The summed E-state index contributed by atoms with van der Waals surface area (Å²) in [4.78, 5) is 12.4. The normalized spacial score (nSPS) is 11.0. The quantitative estimate of drug-likeness (QED) is 0.498. The molecule has 0 fully saturated rings. The van der Waals surface area contributed by atoms with E-state index in [1.54, 1.807) is 18.3 Å². The third-order valence-electron chi connectivity index (χ3n) is 3.68. The van der Waals surface area contributed by atoms with Crippen molar-refractivity contribution < 1.29 is 9.53 Å². The average Bonchev–Trinajstić information content (AvgIpc) is 2.63. The molecule has 0 heterocycles. The monoisotopic (exact) mass is 396 g/mol. The molecule has 5 heteroatoms. The van der Waals surface area contributed by atoms with E-state index in [-0.39, 0.29) is 5.91 Å². The molecule has 0 saturated heterocycles. The third-order valence-corrected chi connectivity index (χ3v) is 4.17. The number of fused-ring (bicyclic) bond motifs is 1. The highest BCUT2D eigenvalue weighted by molar-refractivity contribution is 9.10. The molecule has 0 saturated carbocycles. The predicted molar refractivity (Wildman–Crippen MR) is 104 cm³/mol. The fourth-order valence-corrected chi connectivity index (χ4v) is 2.91. The fraction of sp³-hybridized carbons (Fsp3) is 0.100. The molecule has 0 aliphatic heterocycles. The van der Waals surface area contributed by atoms with Crippen molar-refractivity contribution in [3.63, 3.8) is 0 Å². The summed E-state index contributed by atoms with van der Waals surface area (Å²) in [5.41, 5.74) is 3.95. The van der Waals surface area contributed by atoms with Crippen LogP contribution in [0.4, 0.5) is 0 Å². The molecule has 126 valence electrons. The highest BCUT2D eigenvalue weighted by atomic mass is 79.9. The van der Waals surface area contributed by atoms with Crippen molar-refractivity contribution >= 4 is 38.8 Å². The highest BCUT2D eigenvalue weighted by Crippen LogP contribution is 2.23. The molecule has 3 aromatic carbocycles. The minimum absolute atomic E-state index is 0.318. The zero-order valence-corrected chi connectivity index (χ0v) is 15.3. The van der Waals surface area contributed by atoms with Gasteiger partial charge in [0, 0.05) is 10.0 Å². The Morgan fingerprint density at radius 1 is 1.16 bits per heavy atom. The van der Waals surface area contributed by atoms with Gasteiger partial charge < -0.3 is 4.74 Å². The maximum Gasteiger partial charge on any atom is 0.275 e. The third kappa shape index (κ3) is 4.06. The molecule has 0 unspecified atom stereocenters. The van der Waals surface area contributed by atoms with E-state index >= 15 is 0 Å². The predicted octanol–water partition coefficient (Wildman–Crippen LogP) is 4.76. The summed E-state index contributed by atoms with van der Waals surface area (Å²) in [6.07, 6.45) is 1.65. The number of nitrogens with zero attached hydrogens (tertiary/aromatic N) is 1. The lowest BCUT2D eigenvalue weighted by Gasteiger charge is -2.09. The molecule has 0 bridgehead atoms. The van der Waals surface area contributed by atoms with Crippen molar-refractivity contribution in [3.05, 3.63) is 76.3 Å². The number of nitrogens with one attached hydrogen (secondary N) is 1. The summed E-state index contributed by atoms with van der Waals surface area (Å²) in [6, 6.07) is 19.3. The first kappa shape index (κ1) is 17.2. The molecule has 0 aromatic heterocycles. The number of amides is 1. The fourth-order valence-electron chi connectivity index (χ4n) is 2.54. The number of hydrogen-bond donors (Lipinski definition) is 1. The van der Waals surface area contributed by atoms with Gasteiger partial charge in [-0.2, -0.15) is 5.10 Å². The Labute approximate surface area is 154 Å². The van der Waals surface area contributed by atoms with Crippen molar-refractivity contribution in [2.75, 3.05) is 6.61 Å². The molecule has 1 N–H and O–H groups in total. The van der Waals surface area contributed by atoms with Gasteiger partial charge in [0.2, 0.25) is 0 Å². The van der Waals surface area contributed by atoms with Gasteiger partial charge in [0.05, 0.1) is 18.4 Å². The van der Waals surface area contributed by atoms with Crippen LogP contribution in [-0.2, 0) is 0 Å². The van der Waals surface area contributed by atoms with Crippen LogP contribution < -0.4 is 10.2 Å². The molecular formula is C20H17BrN2O2. The molecule has 3 aromatic rings. The lowest BCUT2D eigenvalue weighted by molar-refractivity contribution is 0.0951. The second kappa shape index (κ2) is 7.94. The maximum atomic E-state index is 12.4. The molecule has 0 atom stereocenters. The maximum absolute atomic E-state index is 12.4. The Morgan fingerprint density at radius 3 is 2.80 bits per heavy atom. The number of benzene rings is 3. The lowest BCUT2D eigenvalue weighted by atomic mass is 10.1. The summed E-state index contributed by atoms with van der Waals surface area (Å²) < 4.78 is 6.31. The molecule has 1 amide bonds. The van der Waals surface area contributed by atoms with E-state index in [1.807, 2.05) is 55.5 Å². The highest BCUT2D eigenvalue weighted by Gasteiger charge is 2.12. The zero-order valence-electron chi connectivity index (χ0n) is 13.7. The van der Waals surface area contributed by atoms with Crippen molar-refractivity contribution in [1.82, 2.24) is 5.43 Å². The van der Waals surface area contributed by atoms with E-state index < -0.39 is 0 Å². The zero-order chi connectivity index (χ0) is 17.6. The van der Waals surface area contributed by atoms with Gasteiger partial charge in [-0.3, -0.25) is 4.79 Å². The average molecular weight is 397 g/mol. The summed E-state index contributed by atoms with van der Waals surface area (Å²) in [7, 11) is 0. The SMILES string of the molecule is CCOc1ccc(Br)cc1C(=O)NN=Cc1cccc2ccccc12. The molecule has 3 rings (SSSR count). The van der Waals surface area contributed by atoms with Crippen LogP contribution in [0.5, 0.6) is 5.75 Å². The molecule has 0 aliphatic carbocycles. The largest absolute Gasteiger partial charge is 0.493 e. The number of ether oxygens (including phenoxy) is 1. The number of halogens is 1. The van der Waals surface area contributed by atoms with Crippen LogP contribution in [0, 0.1) is 0 Å². The number of carbonyl (C=O) groups is 1. The van der Waals surface area contributed by atoms with Gasteiger partial charge in [0.1, 0.15) is 5.75 Å². The second-order valence-corrected chi connectivity index (χ2v) is 6.26. The lowest BCUT2D eigenvalue weighted by Crippen LogP contribution is -2.18. The first-order valence-electron chi connectivity index (χ1n) is 7.92. The summed E-state index contributed by atoms with van der Waals surface area (Å²) in [5, 5.41) is 6.32. The van der Waals surface area contributed by atoms with Crippen LogP contribution in [0.2, 0.25) is 0 Å². The van der Waals surface area contributed by atoms with Crippen LogP contribution >= 0.6 is 15.9 Å². The standard InChI is InChI=1S/C20H17BrN2O2/c1-2-25-19-11-10-16(21)12-18(19)20(24)23-22-13-15-8-5-7-14-6-3-4-9-17(14)15/h3-13H,2H2,1H3,(H,23,24). The summed E-state index contributed by atoms with van der Waals surface area (Å²) in [6.45, 7) is 2.36. The Morgan fingerprint density at radius 2 is 1.96 bits per heavy atom. The first-order chi connectivity index (χ1) is 12.2. The van der Waals surface area contributed by atoms with E-state index in [0.29, 0.717) is 17.9 Å². The van der Waals surface area contributed by atoms with Crippen LogP contribution in [0.1, 0.15) is 22.8 Å². The Balaban J connectivity index is 1.80. The van der Waals surface area contributed by atoms with Gasteiger partial charge in [-0.05, 0) is 35.9 Å². The van der Waals surface area contributed by atoms with Gasteiger partial charge in [-0.1, -0.05) is 58.4 Å². The number of hydrogen-bond acceptors (Lipinski definition) is 3. The Bertz CT molecular complexity index is 933. The number of hydrazone groups is 1. The van der Waals surface area contributed by atoms with Crippen molar-refractivity contribution in [1.29, 1.82) is 0 Å². The molecular weight excluding hydrogens is 380 g/mol. The smallest absolute Gasteiger partial charge is 0.275 e. The minimum Gasteiger partial charge on any atom is -0.493 e. The van der Waals surface area contributed by atoms with Crippen molar-refractivity contribution in [3.8, 4) is 5.75 Å². The summed E-state index contributed by atoms with van der Waals surface area (Å²) in [5.74, 6) is 0.213. The van der Waals surface area contributed by atoms with Gasteiger partial charge >= 0.3 is 0 Å². The van der Waals surface area contributed by atoms with E-state index in [1.165, 1.54) is 0 Å². The van der Waals surface area contributed by atoms with E-state index in [2.05, 4.69) is 26.5 Å². The Hall–Kier alpha value is -2.66. The second-order valence-electron chi connectivity index (χ2n) is 5.34. The van der Waals surface area contributed by atoms with Gasteiger partial charge in [0.15, 0.2) is 0 Å². The molecule has 25 heavy (non-hydrogen) atoms. The van der Waals surface area contributed by atoms with Gasteiger partial charge in [-0.15, -0.1) is 0 Å². The molecule has 0 spiro atoms. The topological polar surface area (TPSA) is 50.7 Å². The van der Waals surface area contributed by atoms with Crippen molar-refractivity contribution in [2.45, 2.75) is 6.92 Å². The Kier molecular flexibility index (Phi) is 5.46. The number of carbonyl (C=O) groups excluding carboxylic acids is 1. The van der Waals surface area contributed by atoms with Crippen LogP contribution in [0.15, 0.2) is 70.2 Å². The van der Waals surface area contributed by atoms with E-state index in [9.17, 15) is 4.79 Å². The molecule has 4 nitrogen and oxygen atoms in total. The van der Waals surface area contributed by atoms with Crippen LogP contribution in [0.3, 0.4) is 0 Å². The van der Waals surface area contributed by atoms with Gasteiger partial charge in [0.25, 0.3) is 5.91 Å². The molecule has 0 aliphatic rings. The van der Waals surface area contributed by atoms with Crippen molar-refractivity contribution in [2.24, 2.45) is 5.10 Å². The number of rotatable bonds is 5.